The second-order valence-corrected chi connectivity index (χ2v) is 7.14. The van der Waals surface area contributed by atoms with Crippen molar-refractivity contribution in [3.63, 3.8) is 0 Å². The van der Waals surface area contributed by atoms with Gasteiger partial charge >= 0.3 is 0 Å². The number of nitrogens with one attached hydrogen (secondary N) is 1. The predicted octanol–water partition coefficient (Wildman–Crippen LogP) is 3.74. The molecule has 6 nitrogen and oxygen atoms in total. The third-order valence-electron chi connectivity index (χ3n) is 4.04. The van der Waals surface area contributed by atoms with Gasteiger partial charge in [-0.3, -0.25) is 4.79 Å². The van der Waals surface area contributed by atoms with E-state index < -0.39 is 0 Å². The van der Waals surface area contributed by atoms with E-state index >= 15 is 0 Å². The number of thiazole rings is 1. The number of hydrogen-bond acceptors (Lipinski definition) is 5. The second kappa shape index (κ2) is 7.33. The number of carbonyl (C=O) groups excluding carboxylic acids is 1. The van der Waals surface area contributed by atoms with Crippen LogP contribution in [0.3, 0.4) is 0 Å². The summed E-state index contributed by atoms with van der Waals surface area (Å²) in [6.07, 6.45) is 0. The zero-order valence-corrected chi connectivity index (χ0v) is 15.9. The Balaban J connectivity index is 1.67. The van der Waals surface area contributed by atoms with Crippen molar-refractivity contribution in [1.82, 2.24) is 19.7 Å². The smallest absolute Gasteiger partial charge is 0.230 e. The Kier molecular flexibility index (Phi) is 5.13. The Hall–Kier alpha value is -2.61. The maximum absolute atomic E-state index is 13.4. The molecule has 3 aromatic rings. The van der Waals surface area contributed by atoms with Crippen LogP contribution < -0.4 is 5.32 Å². The zero-order valence-electron chi connectivity index (χ0n) is 15.1. The fourth-order valence-corrected chi connectivity index (χ4v) is 3.30. The first kappa shape index (κ1) is 18.2. The molecule has 136 valence electrons. The van der Waals surface area contributed by atoms with Gasteiger partial charge in [0, 0.05) is 10.9 Å². The third-order valence-corrected chi connectivity index (χ3v) is 4.80. The summed E-state index contributed by atoms with van der Waals surface area (Å²) in [4.78, 5) is 21.1. The molecule has 26 heavy (non-hydrogen) atoms. The lowest BCUT2D eigenvalue weighted by molar-refractivity contribution is -0.119. The SMILES string of the molecule is Cc1nc(C)n(C[C@H](C)C(=O)Nc2nc(-c3ccc(F)c(C)c3)cs2)n1. The quantitative estimate of drug-likeness (QED) is 0.739. The van der Waals surface area contributed by atoms with Crippen molar-refractivity contribution in [2.45, 2.75) is 34.2 Å². The fraction of sp³-hybridized carbons (Fsp3) is 0.333. The molecule has 0 saturated carbocycles. The van der Waals surface area contributed by atoms with E-state index in [2.05, 4.69) is 20.4 Å². The average Bonchev–Trinajstić information content (AvgIpc) is 3.16. The minimum Gasteiger partial charge on any atom is -0.302 e. The van der Waals surface area contributed by atoms with Gasteiger partial charge in [0.25, 0.3) is 0 Å². The number of hydrogen-bond donors (Lipinski definition) is 1. The van der Waals surface area contributed by atoms with Gasteiger partial charge < -0.3 is 5.32 Å². The van der Waals surface area contributed by atoms with Gasteiger partial charge in [-0.15, -0.1) is 11.3 Å². The first-order valence-electron chi connectivity index (χ1n) is 8.24. The minimum atomic E-state index is -0.282. The number of nitrogens with zero attached hydrogens (tertiary/aromatic N) is 4. The molecule has 0 unspecified atom stereocenters. The largest absolute Gasteiger partial charge is 0.302 e. The first-order valence-corrected chi connectivity index (χ1v) is 9.12. The molecule has 0 aliphatic heterocycles. The molecule has 0 aliphatic rings. The minimum absolute atomic E-state index is 0.131. The summed E-state index contributed by atoms with van der Waals surface area (Å²) in [6, 6.07) is 4.85. The maximum atomic E-state index is 13.4. The van der Waals surface area contributed by atoms with E-state index in [1.807, 2.05) is 26.2 Å². The Morgan fingerprint density at radius 3 is 2.73 bits per heavy atom. The summed E-state index contributed by atoms with van der Waals surface area (Å²) < 4.78 is 15.1. The summed E-state index contributed by atoms with van der Waals surface area (Å²) in [5, 5.41) is 9.48. The summed E-state index contributed by atoms with van der Waals surface area (Å²) in [6.45, 7) is 7.69. The molecular weight excluding hydrogens is 353 g/mol. The van der Waals surface area contributed by atoms with Gasteiger partial charge in [-0.2, -0.15) is 5.10 Å². The summed E-state index contributed by atoms with van der Waals surface area (Å²) in [5.41, 5.74) is 2.10. The molecule has 2 aromatic heterocycles. The van der Waals surface area contributed by atoms with E-state index in [0.717, 1.165) is 11.4 Å². The van der Waals surface area contributed by atoms with Gasteiger partial charge in [0.1, 0.15) is 17.5 Å². The van der Waals surface area contributed by atoms with Crippen molar-refractivity contribution >= 4 is 22.4 Å². The van der Waals surface area contributed by atoms with Crippen LogP contribution in [0.15, 0.2) is 23.6 Å². The highest BCUT2D eigenvalue weighted by Crippen LogP contribution is 2.26. The molecule has 0 radical (unpaired) electrons. The molecule has 0 saturated heterocycles. The Labute approximate surface area is 155 Å². The van der Waals surface area contributed by atoms with Crippen LogP contribution in [0.4, 0.5) is 9.52 Å². The molecule has 1 amide bonds. The number of aromatic nitrogens is 4. The molecule has 2 heterocycles. The van der Waals surface area contributed by atoms with Crippen LogP contribution in [0, 0.1) is 32.5 Å². The van der Waals surface area contributed by atoms with E-state index in [-0.39, 0.29) is 17.6 Å². The highest BCUT2D eigenvalue weighted by atomic mass is 32.1. The molecule has 0 fully saturated rings. The molecule has 1 aromatic carbocycles. The fourth-order valence-electron chi connectivity index (χ4n) is 2.57. The summed E-state index contributed by atoms with van der Waals surface area (Å²) in [7, 11) is 0. The zero-order chi connectivity index (χ0) is 18.8. The van der Waals surface area contributed by atoms with Crippen LogP contribution >= 0.6 is 11.3 Å². The Morgan fingerprint density at radius 1 is 1.31 bits per heavy atom. The molecule has 0 bridgehead atoms. The van der Waals surface area contributed by atoms with Gasteiger partial charge in [0.2, 0.25) is 5.91 Å². The Bertz CT molecular complexity index is 949. The highest BCUT2D eigenvalue weighted by Gasteiger charge is 2.17. The molecule has 3 rings (SSSR count). The van der Waals surface area contributed by atoms with Gasteiger partial charge in [-0.05, 0) is 44.5 Å². The topological polar surface area (TPSA) is 72.7 Å². The average molecular weight is 373 g/mol. The van der Waals surface area contributed by atoms with Crippen LogP contribution in [-0.4, -0.2) is 25.7 Å². The third kappa shape index (κ3) is 3.96. The lowest BCUT2D eigenvalue weighted by atomic mass is 10.1. The van der Waals surface area contributed by atoms with E-state index in [0.29, 0.717) is 28.8 Å². The first-order chi connectivity index (χ1) is 12.3. The van der Waals surface area contributed by atoms with Crippen LogP contribution in [0.1, 0.15) is 24.1 Å². The van der Waals surface area contributed by atoms with Gasteiger partial charge in [0.15, 0.2) is 5.13 Å². The summed E-state index contributed by atoms with van der Waals surface area (Å²) >= 11 is 1.34. The van der Waals surface area contributed by atoms with E-state index in [1.165, 1.54) is 17.4 Å². The second-order valence-electron chi connectivity index (χ2n) is 6.28. The van der Waals surface area contributed by atoms with Crippen LogP contribution in [0.5, 0.6) is 0 Å². The number of halogens is 1. The number of rotatable bonds is 5. The van der Waals surface area contributed by atoms with Crippen molar-refractivity contribution in [3.05, 3.63) is 46.6 Å². The maximum Gasteiger partial charge on any atom is 0.230 e. The summed E-state index contributed by atoms with van der Waals surface area (Å²) in [5.74, 6) is 0.813. The normalized spacial score (nSPS) is 12.2. The molecule has 0 aliphatic carbocycles. The van der Waals surface area contributed by atoms with E-state index in [9.17, 15) is 9.18 Å². The molecule has 0 spiro atoms. The van der Waals surface area contributed by atoms with Crippen molar-refractivity contribution in [2.75, 3.05) is 5.32 Å². The molecule has 1 atom stereocenters. The lowest BCUT2D eigenvalue weighted by Gasteiger charge is -2.11. The van der Waals surface area contributed by atoms with E-state index in [4.69, 9.17) is 0 Å². The van der Waals surface area contributed by atoms with Gasteiger partial charge in [-0.1, -0.05) is 6.92 Å². The number of benzene rings is 1. The van der Waals surface area contributed by atoms with Crippen LogP contribution in [0.2, 0.25) is 0 Å². The van der Waals surface area contributed by atoms with Crippen LogP contribution in [0.25, 0.3) is 11.3 Å². The number of aryl methyl sites for hydroxylation is 3. The van der Waals surface area contributed by atoms with Gasteiger partial charge in [0.05, 0.1) is 18.2 Å². The van der Waals surface area contributed by atoms with Crippen molar-refractivity contribution in [3.8, 4) is 11.3 Å². The lowest BCUT2D eigenvalue weighted by Crippen LogP contribution is -2.25. The van der Waals surface area contributed by atoms with Crippen LogP contribution in [-0.2, 0) is 11.3 Å². The van der Waals surface area contributed by atoms with Crippen molar-refractivity contribution in [2.24, 2.45) is 5.92 Å². The monoisotopic (exact) mass is 373 g/mol. The number of carbonyl (C=O) groups is 1. The molecular formula is C18H20FN5OS. The highest BCUT2D eigenvalue weighted by molar-refractivity contribution is 7.14. The molecule has 1 N–H and O–H groups in total. The van der Waals surface area contributed by atoms with Gasteiger partial charge in [-0.25, -0.2) is 19.0 Å². The molecule has 8 heteroatoms. The predicted molar refractivity (Wildman–Crippen MR) is 99.5 cm³/mol. The van der Waals surface area contributed by atoms with Crippen molar-refractivity contribution in [1.29, 1.82) is 0 Å². The van der Waals surface area contributed by atoms with Crippen molar-refractivity contribution < 1.29 is 9.18 Å². The number of amides is 1. The number of anilines is 1. The Morgan fingerprint density at radius 2 is 2.08 bits per heavy atom. The van der Waals surface area contributed by atoms with E-state index in [1.54, 1.807) is 23.7 Å². The standard InChI is InChI=1S/C18H20FN5OS/c1-10-7-14(5-6-15(10)19)16-9-26-18(21-16)22-17(25)11(2)8-24-13(4)20-12(3)23-24/h5-7,9,11H,8H2,1-4H3,(H,21,22,25)/t11-/m0/s1.